The fourth-order valence-corrected chi connectivity index (χ4v) is 4.21. The lowest BCUT2D eigenvalue weighted by Crippen LogP contribution is -2.60. The molecule has 1 spiro atoms. The summed E-state index contributed by atoms with van der Waals surface area (Å²) in [5.74, 6) is 0. The summed E-state index contributed by atoms with van der Waals surface area (Å²) < 4.78 is 0. The largest absolute Gasteiger partial charge is 0.353 e. The Balaban J connectivity index is 2.10. The standard InChI is InChI=1S/C12H20N4O2S2/c1-9(2)11(5)6-12(18-16(11)8(20)14-9)10(3,4)13-7(19)15(12)17/h17H,6H2,1-5H3,(H,13,19)(H,14,20)/t11-,12-/m1/s1. The fraction of sp³-hybridized carbons (Fsp3) is 0.833. The van der Waals surface area contributed by atoms with E-state index in [1.807, 2.05) is 13.8 Å². The van der Waals surface area contributed by atoms with Crippen LogP contribution in [0.3, 0.4) is 0 Å². The molecule has 0 saturated carbocycles. The molecule has 3 fully saturated rings. The number of hydrogen-bond donors (Lipinski definition) is 3. The number of rotatable bonds is 0. The minimum absolute atomic E-state index is 0.269. The molecule has 20 heavy (non-hydrogen) atoms. The van der Waals surface area contributed by atoms with Gasteiger partial charge in [-0.2, -0.15) is 5.06 Å². The van der Waals surface area contributed by atoms with Crippen molar-refractivity contribution in [3.05, 3.63) is 0 Å². The van der Waals surface area contributed by atoms with Crippen molar-refractivity contribution in [2.45, 2.75) is 63.4 Å². The first-order valence-corrected chi connectivity index (χ1v) is 7.41. The predicted octanol–water partition coefficient (Wildman–Crippen LogP) is 1.10. The van der Waals surface area contributed by atoms with E-state index >= 15 is 0 Å². The Kier molecular flexibility index (Phi) is 2.53. The van der Waals surface area contributed by atoms with Crippen LogP contribution in [0.5, 0.6) is 0 Å². The molecule has 0 unspecified atom stereocenters. The molecule has 0 aromatic carbocycles. The molecule has 2 atom stereocenters. The average Bonchev–Trinajstić information content (AvgIpc) is 2.76. The highest BCUT2D eigenvalue weighted by Crippen LogP contribution is 2.54. The third-order valence-corrected chi connectivity index (χ3v) is 5.70. The van der Waals surface area contributed by atoms with Crippen LogP contribution >= 0.6 is 24.4 Å². The van der Waals surface area contributed by atoms with Crippen LogP contribution in [-0.2, 0) is 4.84 Å². The van der Waals surface area contributed by atoms with Crippen molar-refractivity contribution in [2.75, 3.05) is 0 Å². The van der Waals surface area contributed by atoms with Gasteiger partial charge in [0.2, 0.25) is 5.72 Å². The molecule has 3 aliphatic rings. The Labute approximate surface area is 129 Å². The minimum atomic E-state index is -0.956. The lowest BCUT2D eigenvalue weighted by molar-refractivity contribution is -0.287. The van der Waals surface area contributed by atoms with Gasteiger partial charge >= 0.3 is 0 Å². The number of nitrogens with zero attached hydrogens (tertiary/aromatic N) is 2. The quantitative estimate of drug-likeness (QED) is 0.575. The molecule has 0 radical (unpaired) electrons. The Hall–Kier alpha value is -0.700. The van der Waals surface area contributed by atoms with Gasteiger partial charge in [-0.25, -0.2) is 9.90 Å². The number of hydroxylamine groups is 4. The molecule has 3 heterocycles. The van der Waals surface area contributed by atoms with Crippen molar-refractivity contribution in [3.63, 3.8) is 0 Å². The van der Waals surface area contributed by atoms with Gasteiger partial charge in [-0.15, -0.1) is 0 Å². The maximum atomic E-state index is 10.4. The van der Waals surface area contributed by atoms with Crippen LogP contribution in [0, 0.1) is 0 Å². The lowest BCUT2D eigenvalue weighted by atomic mass is 9.74. The average molecular weight is 316 g/mol. The lowest BCUT2D eigenvalue weighted by Gasteiger charge is -2.39. The zero-order chi connectivity index (χ0) is 15.1. The molecular formula is C12H20N4O2S2. The van der Waals surface area contributed by atoms with Crippen molar-refractivity contribution < 1.29 is 10.0 Å². The van der Waals surface area contributed by atoms with E-state index in [2.05, 4.69) is 31.4 Å². The van der Waals surface area contributed by atoms with Crippen molar-refractivity contribution in [2.24, 2.45) is 0 Å². The predicted molar refractivity (Wildman–Crippen MR) is 81.9 cm³/mol. The first-order chi connectivity index (χ1) is 8.97. The second kappa shape index (κ2) is 3.55. The molecule has 0 aliphatic carbocycles. The van der Waals surface area contributed by atoms with Crippen LogP contribution in [0.25, 0.3) is 0 Å². The Morgan fingerprint density at radius 3 is 2.05 bits per heavy atom. The molecule has 0 aromatic heterocycles. The van der Waals surface area contributed by atoms with E-state index in [4.69, 9.17) is 29.3 Å². The highest BCUT2D eigenvalue weighted by Gasteiger charge is 2.72. The zero-order valence-electron chi connectivity index (χ0n) is 12.3. The van der Waals surface area contributed by atoms with Gasteiger partial charge in [-0.3, -0.25) is 5.21 Å². The number of hydrogen-bond acceptors (Lipinski definition) is 4. The molecule has 8 heteroatoms. The van der Waals surface area contributed by atoms with E-state index in [1.165, 1.54) is 0 Å². The molecule has 3 rings (SSSR count). The summed E-state index contributed by atoms with van der Waals surface area (Å²) in [7, 11) is 0. The van der Waals surface area contributed by atoms with Gasteiger partial charge in [-0.05, 0) is 59.1 Å². The fourth-order valence-electron chi connectivity index (χ4n) is 3.31. The van der Waals surface area contributed by atoms with Crippen molar-refractivity contribution in [1.29, 1.82) is 0 Å². The van der Waals surface area contributed by atoms with Gasteiger partial charge in [0.1, 0.15) is 0 Å². The van der Waals surface area contributed by atoms with E-state index in [1.54, 1.807) is 5.06 Å². The maximum Gasteiger partial charge on any atom is 0.218 e. The van der Waals surface area contributed by atoms with Crippen LogP contribution in [-0.4, -0.2) is 47.9 Å². The van der Waals surface area contributed by atoms with Crippen LogP contribution in [0.15, 0.2) is 0 Å². The van der Waals surface area contributed by atoms with Crippen LogP contribution < -0.4 is 10.6 Å². The summed E-state index contributed by atoms with van der Waals surface area (Å²) in [6.07, 6.45) is 0.566. The third kappa shape index (κ3) is 1.35. The van der Waals surface area contributed by atoms with Gasteiger partial charge in [0.15, 0.2) is 10.2 Å². The summed E-state index contributed by atoms with van der Waals surface area (Å²) in [4.78, 5) is 6.14. The zero-order valence-corrected chi connectivity index (χ0v) is 13.9. The normalized spacial score (nSPS) is 41.1. The SMILES string of the molecule is CC1(C)NC(=S)N2O[C@@]3(C[C@@]21C)N(O)C(=S)NC3(C)C. The van der Waals surface area contributed by atoms with Gasteiger partial charge in [0.05, 0.1) is 16.6 Å². The van der Waals surface area contributed by atoms with Crippen LogP contribution in [0.1, 0.15) is 41.0 Å². The van der Waals surface area contributed by atoms with E-state index in [9.17, 15) is 5.21 Å². The maximum absolute atomic E-state index is 10.4. The molecule has 3 N–H and O–H groups in total. The summed E-state index contributed by atoms with van der Waals surface area (Å²) in [6.45, 7) is 10.2. The topological polar surface area (TPSA) is 60.0 Å². The van der Waals surface area contributed by atoms with Gasteiger partial charge in [0.25, 0.3) is 0 Å². The molecule has 6 nitrogen and oxygen atoms in total. The molecule has 0 bridgehead atoms. The minimum Gasteiger partial charge on any atom is -0.353 e. The van der Waals surface area contributed by atoms with Gasteiger partial charge in [0, 0.05) is 6.42 Å². The van der Waals surface area contributed by atoms with Crippen LogP contribution in [0.4, 0.5) is 0 Å². The first kappa shape index (κ1) is 14.2. The molecular weight excluding hydrogens is 296 g/mol. The Morgan fingerprint density at radius 2 is 1.60 bits per heavy atom. The molecule has 0 aromatic rings. The summed E-state index contributed by atoms with van der Waals surface area (Å²) >= 11 is 10.5. The van der Waals surface area contributed by atoms with Crippen molar-refractivity contribution in [3.8, 4) is 0 Å². The molecule has 112 valence electrons. The van der Waals surface area contributed by atoms with E-state index in [0.717, 1.165) is 5.06 Å². The molecule has 0 amide bonds. The van der Waals surface area contributed by atoms with Gasteiger partial charge < -0.3 is 10.6 Å². The Morgan fingerprint density at radius 1 is 1.05 bits per heavy atom. The van der Waals surface area contributed by atoms with E-state index in [0.29, 0.717) is 11.5 Å². The van der Waals surface area contributed by atoms with Gasteiger partial charge in [-0.1, -0.05) is 0 Å². The molecule has 3 aliphatic heterocycles. The highest BCUT2D eigenvalue weighted by atomic mass is 32.1. The monoisotopic (exact) mass is 316 g/mol. The second-order valence-electron chi connectivity index (χ2n) is 7.04. The van der Waals surface area contributed by atoms with Crippen molar-refractivity contribution >= 4 is 34.7 Å². The van der Waals surface area contributed by atoms with Crippen LogP contribution in [0.2, 0.25) is 0 Å². The second-order valence-corrected chi connectivity index (χ2v) is 7.82. The van der Waals surface area contributed by atoms with E-state index < -0.39 is 11.3 Å². The summed E-state index contributed by atoms with van der Waals surface area (Å²) in [5, 5.41) is 20.4. The highest BCUT2D eigenvalue weighted by molar-refractivity contribution is 7.80. The Bertz CT molecular complexity index is 524. The summed E-state index contributed by atoms with van der Waals surface area (Å²) in [6, 6.07) is 0. The number of nitrogens with one attached hydrogen (secondary N) is 2. The van der Waals surface area contributed by atoms with Crippen molar-refractivity contribution in [1.82, 2.24) is 20.8 Å². The first-order valence-electron chi connectivity index (χ1n) is 6.60. The summed E-state index contributed by atoms with van der Waals surface area (Å²) in [5.41, 5.74) is -2.13. The third-order valence-electron chi connectivity index (χ3n) is 5.16. The smallest absolute Gasteiger partial charge is 0.218 e. The molecule has 3 saturated heterocycles. The number of fused-ring (bicyclic) bond motifs is 1. The number of thiocarbonyl (C=S) groups is 2. The van der Waals surface area contributed by atoms with E-state index in [-0.39, 0.29) is 16.2 Å².